The molecular formula is C15H10F3NO. The average molecular weight is 277 g/mol. The summed E-state index contributed by atoms with van der Waals surface area (Å²) in [6.45, 7) is 1.82. The van der Waals surface area contributed by atoms with Crippen molar-refractivity contribution in [3.8, 4) is 17.6 Å². The Morgan fingerprint density at radius 3 is 2.40 bits per heavy atom. The molecule has 0 fully saturated rings. The molecule has 2 nitrogen and oxygen atoms in total. The minimum absolute atomic E-state index is 0.198. The molecule has 0 unspecified atom stereocenters. The zero-order chi connectivity index (χ0) is 14.8. The van der Waals surface area contributed by atoms with E-state index in [1.165, 1.54) is 6.07 Å². The molecule has 0 saturated heterocycles. The summed E-state index contributed by atoms with van der Waals surface area (Å²) in [5.74, 6) is 0.736. The summed E-state index contributed by atoms with van der Waals surface area (Å²) in [4.78, 5) is 0. The van der Waals surface area contributed by atoms with E-state index in [1.807, 2.05) is 19.1 Å². The Bertz CT molecular complexity index is 672. The highest BCUT2D eigenvalue weighted by atomic mass is 19.4. The maximum atomic E-state index is 12.7. The van der Waals surface area contributed by atoms with Crippen molar-refractivity contribution >= 4 is 0 Å². The highest BCUT2D eigenvalue weighted by Gasteiger charge is 2.33. The van der Waals surface area contributed by atoms with E-state index in [4.69, 9.17) is 10.00 Å². The van der Waals surface area contributed by atoms with E-state index >= 15 is 0 Å². The van der Waals surface area contributed by atoms with Gasteiger partial charge in [-0.25, -0.2) is 0 Å². The Balaban J connectivity index is 2.37. The second-order valence-corrected chi connectivity index (χ2v) is 4.18. The predicted octanol–water partition coefficient (Wildman–Crippen LogP) is 4.68. The number of rotatable bonds is 2. The Morgan fingerprint density at radius 2 is 1.80 bits per heavy atom. The van der Waals surface area contributed by atoms with Crippen LogP contribution in [0, 0.1) is 18.3 Å². The molecule has 0 saturated carbocycles. The molecule has 2 rings (SSSR count). The van der Waals surface area contributed by atoms with Crippen LogP contribution in [0.4, 0.5) is 13.2 Å². The lowest BCUT2D eigenvalue weighted by Crippen LogP contribution is -2.07. The van der Waals surface area contributed by atoms with Gasteiger partial charge in [-0.1, -0.05) is 18.2 Å². The van der Waals surface area contributed by atoms with Gasteiger partial charge in [0.2, 0.25) is 0 Å². The minimum atomic E-state index is -4.55. The van der Waals surface area contributed by atoms with E-state index in [-0.39, 0.29) is 5.75 Å². The number of nitriles is 1. The standard InChI is InChI=1S/C15H10F3NO/c1-10-4-2-3-5-14(10)20-12-6-7-13(15(16,17)18)11(8-12)9-19/h2-8H,1H3. The van der Waals surface area contributed by atoms with Crippen molar-refractivity contribution in [2.45, 2.75) is 13.1 Å². The van der Waals surface area contributed by atoms with Gasteiger partial charge in [-0.2, -0.15) is 18.4 Å². The summed E-state index contributed by atoms with van der Waals surface area (Å²) in [7, 11) is 0. The van der Waals surface area contributed by atoms with Crippen LogP contribution < -0.4 is 4.74 Å². The first kappa shape index (κ1) is 13.9. The van der Waals surface area contributed by atoms with Crippen molar-refractivity contribution in [3.05, 3.63) is 59.2 Å². The van der Waals surface area contributed by atoms with Gasteiger partial charge in [-0.3, -0.25) is 0 Å². The molecule has 0 aliphatic rings. The Labute approximate surface area is 114 Å². The number of aryl methyl sites for hydroxylation is 1. The quantitative estimate of drug-likeness (QED) is 0.798. The molecule has 5 heteroatoms. The monoisotopic (exact) mass is 277 g/mol. The first-order valence-electron chi connectivity index (χ1n) is 5.76. The maximum absolute atomic E-state index is 12.7. The number of halogens is 3. The van der Waals surface area contributed by atoms with Crippen LogP contribution in [-0.4, -0.2) is 0 Å². The summed E-state index contributed by atoms with van der Waals surface area (Å²) >= 11 is 0. The van der Waals surface area contributed by atoms with Crippen molar-refractivity contribution in [2.24, 2.45) is 0 Å². The fraction of sp³-hybridized carbons (Fsp3) is 0.133. The minimum Gasteiger partial charge on any atom is -0.457 e. The molecule has 0 heterocycles. The summed E-state index contributed by atoms with van der Waals surface area (Å²) in [5, 5.41) is 8.82. The van der Waals surface area contributed by atoms with Gasteiger partial charge in [-0.15, -0.1) is 0 Å². The van der Waals surface area contributed by atoms with Crippen molar-refractivity contribution in [3.63, 3.8) is 0 Å². The topological polar surface area (TPSA) is 33.0 Å². The van der Waals surface area contributed by atoms with Crippen molar-refractivity contribution in [1.82, 2.24) is 0 Å². The summed E-state index contributed by atoms with van der Waals surface area (Å²) in [6.07, 6.45) is -4.55. The molecule has 0 atom stereocenters. The van der Waals surface area contributed by atoms with Crippen LogP contribution in [0.3, 0.4) is 0 Å². The lowest BCUT2D eigenvalue weighted by atomic mass is 10.1. The van der Waals surface area contributed by atoms with E-state index in [9.17, 15) is 13.2 Å². The third kappa shape index (κ3) is 2.91. The lowest BCUT2D eigenvalue weighted by molar-refractivity contribution is -0.137. The first-order valence-corrected chi connectivity index (χ1v) is 5.76. The number of alkyl halides is 3. The zero-order valence-corrected chi connectivity index (χ0v) is 10.5. The van der Waals surface area contributed by atoms with Crippen LogP contribution in [-0.2, 0) is 6.18 Å². The smallest absolute Gasteiger partial charge is 0.417 e. The van der Waals surface area contributed by atoms with Gasteiger partial charge in [-0.05, 0) is 36.8 Å². The van der Waals surface area contributed by atoms with Gasteiger partial charge >= 0.3 is 6.18 Å². The van der Waals surface area contributed by atoms with Crippen LogP contribution in [0.15, 0.2) is 42.5 Å². The third-order valence-corrected chi connectivity index (χ3v) is 2.74. The molecule has 2 aromatic carbocycles. The molecule has 0 aliphatic heterocycles. The summed E-state index contributed by atoms with van der Waals surface area (Å²) in [5.41, 5.74) is -0.563. The molecule has 20 heavy (non-hydrogen) atoms. The first-order chi connectivity index (χ1) is 9.41. The van der Waals surface area contributed by atoms with Gasteiger partial charge in [0.1, 0.15) is 11.5 Å². The molecule has 0 amide bonds. The zero-order valence-electron chi connectivity index (χ0n) is 10.5. The Kier molecular flexibility index (Phi) is 3.66. The molecular weight excluding hydrogens is 267 g/mol. The predicted molar refractivity (Wildman–Crippen MR) is 67.4 cm³/mol. The van der Waals surface area contributed by atoms with Gasteiger partial charge < -0.3 is 4.74 Å². The molecule has 0 N–H and O–H groups in total. The van der Waals surface area contributed by atoms with E-state index in [2.05, 4.69) is 0 Å². The van der Waals surface area contributed by atoms with E-state index < -0.39 is 17.3 Å². The summed E-state index contributed by atoms with van der Waals surface area (Å²) < 4.78 is 43.5. The fourth-order valence-electron chi connectivity index (χ4n) is 1.72. The van der Waals surface area contributed by atoms with Crippen molar-refractivity contribution in [1.29, 1.82) is 5.26 Å². The highest BCUT2D eigenvalue weighted by Crippen LogP contribution is 2.34. The van der Waals surface area contributed by atoms with E-state index in [1.54, 1.807) is 18.2 Å². The number of ether oxygens (including phenoxy) is 1. The number of para-hydroxylation sites is 1. The number of hydrogen-bond donors (Lipinski definition) is 0. The molecule has 0 bridgehead atoms. The van der Waals surface area contributed by atoms with Crippen LogP contribution in [0.25, 0.3) is 0 Å². The van der Waals surface area contributed by atoms with Crippen molar-refractivity contribution in [2.75, 3.05) is 0 Å². The molecule has 102 valence electrons. The van der Waals surface area contributed by atoms with Crippen LogP contribution in [0.1, 0.15) is 16.7 Å². The summed E-state index contributed by atoms with van der Waals surface area (Å²) in [6, 6.07) is 11.8. The van der Waals surface area contributed by atoms with E-state index in [0.29, 0.717) is 5.75 Å². The number of benzene rings is 2. The Morgan fingerprint density at radius 1 is 1.10 bits per heavy atom. The fourth-order valence-corrected chi connectivity index (χ4v) is 1.72. The molecule has 0 aliphatic carbocycles. The number of hydrogen-bond acceptors (Lipinski definition) is 2. The normalized spacial score (nSPS) is 10.9. The third-order valence-electron chi connectivity index (χ3n) is 2.74. The van der Waals surface area contributed by atoms with Crippen LogP contribution in [0.2, 0.25) is 0 Å². The molecule has 2 aromatic rings. The van der Waals surface area contributed by atoms with Gasteiger partial charge in [0.25, 0.3) is 0 Å². The molecule has 0 aromatic heterocycles. The highest BCUT2D eigenvalue weighted by molar-refractivity contribution is 5.46. The number of nitrogens with zero attached hydrogens (tertiary/aromatic N) is 1. The second-order valence-electron chi connectivity index (χ2n) is 4.18. The second kappa shape index (κ2) is 5.25. The van der Waals surface area contributed by atoms with Crippen molar-refractivity contribution < 1.29 is 17.9 Å². The van der Waals surface area contributed by atoms with E-state index in [0.717, 1.165) is 17.7 Å². The molecule has 0 spiro atoms. The molecule has 0 radical (unpaired) electrons. The van der Waals surface area contributed by atoms with Gasteiger partial charge in [0.05, 0.1) is 17.2 Å². The SMILES string of the molecule is Cc1ccccc1Oc1ccc(C(F)(F)F)c(C#N)c1. The van der Waals surface area contributed by atoms with Gasteiger partial charge in [0.15, 0.2) is 0 Å². The average Bonchev–Trinajstić information content (AvgIpc) is 2.40. The lowest BCUT2D eigenvalue weighted by Gasteiger charge is -2.12. The Hall–Kier alpha value is -2.48. The maximum Gasteiger partial charge on any atom is 0.417 e. The van der Waals surface area contributed by atoms with Crippen LogP contribution in [0.5, 0.6) is 11.5 Å². The van der Waals surface area contributed by atoms with Crippen LogP contribution >= 0.6 is 0 Å². The van der Waals surface area contributed by atoms with Gasteiger partial charge in [0, 0.05) is 0 Å². The largest absolute Gasteiger partial charge is 0.457 e.